The summed E-state index contributed by atoms with van der Waals surface area (Å²) in [5, 5.41) is 3.50. The van der Waals surface area contributed by atoms with Gasteiger partial charge in [-0.2, -0.15) is 0 Å². The number of aliphatic imine (C=N–C) groups is 1. The highest BCUT2D eigenvalue weighted by Crippen LogP contribution is 2.25. The molecule has 1 saturated heterocycles. The lowest BCUT2D eigenvalue weighted by Gasteiger charge is -2.21. The Balaban J connectivity index is 1.31. The minimum absolute atomic E-state index is 0.688. The molecule has 0 aliphatic carbocycles. The maximum atomic E-state index is 4.71. The van der Waals surface area contributed by atoms with E-state index in [1.54, 1.807) is 0 Å². The van der Waals surface area contributed by atoms with E-state index in [-0.39, 0.29) is 0 Å². The van der Waals surface area contributed by atoms with Crippen molar-refractivity contribution in [1.82, 2.24) is 19.6 Å². The maximum absolute atomic E-state index is 4.71. The Morgan fingerprint density at radius 3 is 2.86 bits per heavy atom. The number of hydrogen-bond acceptors (Lipinski definition) is 3. The predicted molar refractivity (Wildman–Crippen MR) is 117 cm³/mol. The van der Waals surface area contributed by atoms with Crippen LogP contribution in [0, 0.1) is 12.8 Å². The van der Waals surface area contributed by atoms with Gasteiger partial charge in [-0.1, -0.05) is 24.3 Å². The SMILES string of the molecule is CN=C(NCc1cn2c(C)cccc2n1)N1CCC(CSc2ccccc2)C1. The highest BCUT2D eigenvalue weighted by atomic mass is 32.2. The molecule has 0 radical (unpaired) electrons. The van der Waals surface area contributed by atoms with Gasteiger partial charge in [-0.25, -0.2) is 4.98 Å². The van der Waals surface area contributed by atoms with E-state index < -0.39 is 0 Å². The number of fused-ring (bicyclic) bond motifs is 1. The number of pyridine rings is 1. The van der Waals surface area contributed by atoms with Gasteiger partial charge in [0.1, 0.15) is 5.65 Å². The first-order valence-corrected chi connectivity index (χ1v) is 10.8. The van der Waals surface area contributed by atoms with E-state index >= 15 is 0 Å². The van der Waals surface area contributed by atoms with Crippen molar-refractivity contribution in [2.75, 3.05) is 25.9 Å². The Hall–Kier alpha value is -2.47. The number of aryl methyl sites for hydroxylation is 1. The van der Waals surface area contributed by atoms with Crippen LogP contribution in [-0.4, -0.2) is 46.1 Å². The van der Waals surface area contributed by atoms with Crippen molar-refractivity contribution in [2.24, 2.45) is 10.9 Å². The first-order chi connectivity index (χ1) is 13.7. The third-order valence-electron chi connectivity index (χ3n) is 5.20. The lowest BCUT2D eigenvalue weighted by molar-refractivity contribution is 0.474. The van der Waals surface area contributed by atoms with Crippen LogP contribution in [0.25, 0.3) is 5.65 Å². The lowest BCUT2D eigenvalue weighted by atomic mass is 10.2. The Bertz CT molecular complexity index is 950. The van der Waals surface area contributed by atoms with E-state index in [1.165, 1.54) is 17.0 Å². The number of nitrogens with zero attached hydrogens (tertiary/aromatic N) is 4. The van der Waals surface area contributed by atoms with Crippen LogP contribution in [0.3, 0.4) is 0 Å². The zero-order valence-electron chi connectivity index (χ0n) is 16.5. The number of nitrogens with one attached hydrogen (secondary N) is 1. The fraction of sp³-hybridized carbons (Fsp3) is 0.364. The smallest absolute Gasteiger partial charge is 0.193 e. The molecule has 1 aromatic carbocycles. The summed E-state index contributed by atoms with van der Waals surface area (Å²) in [6.45, 7) is 4.91. The van der Waals surface area contributed by atoms with Crippen LogP contribution in [0.15, 0.2) is 64.6 Å². The lowest BCUT2D eigenvalue weighted by Crippen LogP contribution is -2.39. The Labute approximate surface area is 170 Å². The van der Waals surface area contributed by atoms with Gasteiger partial charge in [0.15, 0.2) is 5.96 Å². The molecule has 1 aliphatic heterocycles. The molecule has 0 bridgehead atoms. The molecule has 1 N–H and O–H groups in total. The first kappa shape index (κ1) is 18.9. The summed E-state index contributed by atoms with van der Waals surface area (Å²) >= 11 is 1.95. The average molecular weight is 394 g/mol. The summed E-state index contributed by atoms with van der Waals surface area (Å²) in [6.07, 6.45) is 3.32. The molecule has 5 nitrogen and oxygen atoms in total. The molecule has 0 spiro atoms. The molecule has 1 atom stereocenters. The number of hydrogen-bond donors (Lipinski definition) is 1. The molecule has 1 fully saturated rings. The number of guanidine groups is 1. The largest absolute Gasteiger partial charge is 0.351 e. The molecule has 1 unspecified atom stereocenters. The van der Waals surface area contributed by atoms with E-state index in [4.69, 9.17) is 4.98 Å². The number of likely N-dealkylation sites (tertiary alicyclic amines) is 1. The first-order valence-electron chi connectivity index (χ1n) is 9.80. The van der Waals surface area contributed by atoms with E-state index in [0.29, 0.717) is 12.5 Å². The van der Waals surface area contributed by atoms with Crippen LogP contribution >= 0.6 is 11.8 Å². The number of benzene rings is 1. The highest BCUT2D eigenvalue weighted by molar-refractivity contribution is 7.99. The molecule has 0 amide bonds. The molecular weight excluding hydrogens is 366 g/mol. The molecule has 2 aromatic heterocycles. The van der Waals surface area contributed by atoms with Gasteiger partial charge in [0, 0.05) is 42.7 Å². The third-order valence-corrected chi connectivity index (χ3v) is 6.44. The van der Waals surface area contributed by atoms with Crippen LogP contribution in [0.5, 0.6) is 0 Å². The number of aromatic nitrogens is 2. The second kappa shape index (κ2) is 8.69. The average Bonchev–Trinajstić information content (AvgIpc) is 3.36. The normalized spacial score (nSPS) is 17.4. The van der Waals surface area contributed by atoms with Crippen LogP contribution in [0.1, 0.15) is 17.8 Å². The highest BCUT2D eigenvalue weighted by Gasteiger charge is 2.25. The van der Waals surface area contributed by atoms with Crippen LogP contribution in [-0.2, 0) is 6.54 Å². The summed E-state index contributed by atoms with van der Waals surface area (Å²) in [7, 11) is 1.86. The molecule has 4 rings (SSSR count). The molecule has 28 heavy (non-hydrogen) atoms. The molecule has 3 aromatic rings. The summed E-state index contributed by atoms with van der Waals surface area (Å²) in [4.78, 5) is 12.9. The van der Waals surface area contributed by atoms with E-state index in [2.05, 4.69) is 69.1 Å². The quantitative estimate of drug-likeness (QED) is 0.406. The molecule has 146 valence electrons. The molecular formula is C22H27N5S. The van der Waals surface area contributed by atoms with Crippen molar-refractivity contribution < 1.29 is 0 Å². The van der Waals surface area contributed by atoms with E-state index in [1.807, 2.05) is 30.9 Å². The van der Waals surface area contributed by atoms with E-state index in [9.17, 15) is 0 Å². The van der Waals surface area contributed by atoms with Crippen molar-refractivity contribution in [3.8, 4) is 0 Å². The zero-order chi connectivity index (χ0) is 19.3. The Morgan fingerprint density at radius 1 is 1.21 bits per heavy atom. The monoisotopic (exact) mass is 393 g/mol. The summed E-state index contributed by atoms with van der Waals surface area (Å²) in [5.41, 5.74) is 3.22. The van der Waals surface area contributed by atoms with Gasteiger partial charge in [0.25, 0.3) is 0 Å². The Morgan fingerprint density at radius 2 is 2.07 bits per heavy atom. The van der Waals surface area contributed by atoms with Crippen LogP contribution in [0.4, 0.5) is 0 Å². The second-order valence-electron chi connectivity index (χ2n) is 7.25. The minimum atomic E-state index is 0.688. The second-order valence-corrected chi connectivity index (χ2v) is 8.35. The predicted octanol–water partition coefficient (Wildman–Crippen LogP) is 3.83. The number of rotatable bonds is 5. The standard InChI is InChI=1S/C22H27N5S/c1-17-7-6-10-21-25-19(15-27(17)21)13-24-22(23-2)26-12-11-18(14-26)16-28-20-8-4-3-5-9-20/h3-10,15,18H,11-14,16H2,1-2H3,(H,23,24). The molecule has 3 heterocycles. The van der Waals surface area contributed by atoms with Gasteiger partial charge in [-0.05, 0) is 43.5 Å². The molecule has 6 heteroatoms. The third kappa shape index (κ3) is 4.33. The summed E-state index contributed by atoms with van der Waals surface area (Å²) in [5.74, 6) is 2.83. The van der Waals surface area contributed by atoms with Crippen LogP contribution in [0.2, 0.25) is 0 Å². The minimum Gasteiger partial charge on any atom is -0.351 e. The number of imidazole rings is 1. The van der Waals surface area contributed by atoms with Gasteiger partial charge in [-0.3, -0.25) is 4.99 Å². The van der Waals surface area contributed by atoms with E-state index in [0.717, 1.165) is 36.1 Å². The zero-order valence-corrected chi connectivity index (χ0v) is 17.3. The molecule has 1 aliphatic rings. The van der Waals surface area contributed by atoms with Crippen molar-refractivity contribution in [2.45, 2.75) is 24.8 Å². The van der Waals surface area contributed by atoms with Gasteiger partial charge >= 0.3 is 0 Å². The number of thioether (sulfide) groups is 1. The van der Waals surface area contributed by atoms with Gasteiger partial charge in [0.2, 0.25) is 0 Å². The van der Waals surface area contributed by atoms with Crippen LogP contribution < -0.4 is 5.32 Å². The van der Waals surface area contributed by atoms with Crippen molar-refractivity contribution >= 4 is 23.4 Å². The Kier molecular flexibility index (Phi) is 5.86. The van der Waals surface area contributed by atoms with Gasteiger partial charge < -0.3 is 14.6 Å². The maximum Gasteiger partial charge on any atom is 0.193 e. The fourth-order valence-electron chi connectivity index (χ4n) is 3.68. The van der Waals surface area contributed by atoms with Gasteiger partial charge in [-0.15, -0.1) is 11.8 Å². The van der Waals surface area contributed by atoms with Gasteiger partial charge in [0.05, 0.1) is 12.2 Å². The van der Waals surface area contributed by atoms with Crippen molar-refractivity contribution in [3.63, 3.8) is 0 Å². The fourth-order valence-corrected chi connectivity index (χ4v) is 4.73. The summed E-state index contributed by atoms with van der Waals surface area (Å²) in [6, 6.07) is 16.9. The topological polar surface area (TPSA) is 44.9 Å². The van der Waals surface area contributed by atoms with Crippen molar-refractivity contribution in [3.05, 3.63) is 66.1 Å². The molecule has 0 saturated carbocycles. The van der Waals surface area contributed by atoms with Crippen molar-refractivity contribution in [1.29, 1.82) is 0 Å². The summed E-state index contributed by atoms with van der Waals surface area (Å²) < 4.78 is 2.13.